The molecule has 1 N–H and O–H groups in total. The van der Waals surface area contributed by atoms with Crippen LogP contribution in [0.1, 0.15) is 22.3 Å². The average Bonchev–Trinajstić information content (AvgIpc) is 2.62. The number of carbonyl (C=O) groups is 2. The molecule has 0 fully saturated rings. The van der Waals surface area contributed by atoms with Crippen molar-refractivity contribution < 1.29 is 23.1 Å². The van der Waals surface area contributed by atoms with E-state index in [9.17, 15) is 18.4 Å². The Bertz CT molecular complexity index is 808. The minimum Gasteiger partial charge on any atom is -0.497 e. The molecule has 1 atom stereocenters. The molecule has 4 nitrogen and oxygen atoms in total. The lowest BCUT2D eigenvalue weighted by atomic mass is 9.69. The zero-order chi connectivity index (χ0) is 18.0. The van der Waals surface area contributed by atoms with E-state index < -0.39 is 23.5 Å². The van der Waals surface area contributed by atoms with Gasteiger partial charge >= 0.3 is 0 Å². The van der Waals surface area contributed by atoms with E-state index in [0.717, 1.165) is 0 Å². The quantitative estimate of drug-likeness (QED) is 0.860. The third kappa shape index (κ3) is 2.88. The fourth-order valence-corrected chi connectivity index (χ4v) is 3.10. The Kier molecular flexibility index (Phi) is 4.53. The molecule has 0 saturated carbocycles. The van der Waals surface area contributed by atoms with Gasteiger partial charge in [0.05, 0.1) is 7.11 Å². The molecule has 0 aliphatic heterocycles. The number of hydrogen-bond donors (Lipinski definition) is 1. The maximum atomic E-state index is 13.9. The molecule has 1 aliphatic rings. The second-order valence-corrected chi connectivity index (χ2v) is 5.94. The van der Waals surface area contributed by atoms with E-state index in [-0.39, 0.29) is 18.4 Å². The van der Waals surface area contributed by atoms with Crippen LogP contribution in [0.3, 0.4) is 0 Å². The standard InChI is InChI=1S/C19H17F2NO3/c1-25-14-7-8-15-12(11-14)9-10-19(16(15)23,17(20)21)18(24)22-13-5-3-2-4-6-13/h2-8,11,17H,9-10H2,1H3,(H,22,24). The number of benzene rings is 2. The minimum absolute atomic E-state index is 0.149. The van der Waals surface area contributed by atoms with Crippen molar-refractivity contribution in [3.63, 3.8) is 0 Å². The van der Waals surface area contributed by atoms with Gasteiger partial charge in [-0.25, -0.2) is 8.78 Å². The van der Waals surface area contributed by atoms with Gasteiger partial charge in [0.15, 0.2) is 11.2 Å². The van der Waals surface area contributed by atoms with Crippen LogP contribution in [0.2, 0.25) is 0 Å². The topological polar surface area (TPSA) is 55.4 Å². The summed E-state index contributed by atoms with van der Waals surface area (Å²) in [4.78, 5) is 25.5. The number of aryl methyl sites for hydroxylation is 1. The van der Waals surface area contributed by atoms with Gasteiger partial charge < -0.3 is 10.1 Å². The Balaban J connectivity index is 1.98. The van der Waals surface area contributed by atoms with Gasteiger partial charge in [0.1, 0.15) is 5.75 Å². The lowest BCUT2D eigenvalue weighted by Gasteiger charge is -2.34. The number of rotatable bonds is 4. The van der Waals surface area contributed by atoms with Gasteiger partial charge in [0.25, 0.3) is 6.43 Å². The fraction of sp³-hybridized carbons (Fsp3) is 0.263. The van der Waals surface area contributed by atoms with Crippen molar-refractivity contribution in [2.45, 2.75) is 19.3 Å². The number of ketones is 1. The highest BCUT2D eigenvalue weighted by Gasteiger charge is 2.55. The van der Waals surface area contributed by atoms with Crippen LogP contribution in [0.5, 0.6) is 5.75 Å². The van der Waals surface area contributed by atoms with Crippen LogP contribution >= 0.6 is 0 Å². The fourth-order valence-electron chi connectivity index (χ4n) is 3.10. The van der Waals surface area contributed by atoms with Gasteiger partial charge in [-0.3, -0.25) is 9.59 Å². The molecule has 0 radical (unpaired) electrons. The van der Waals surface area contributed by atoms with Crippen LogP contribution in [0.25, 0.3) is 0 Å². The van der Waals surface area contributed by atoms with Crippen molar-refractivity contribution in [2.75, 3.05) is 12.4 Å². The zero-order valence-corrected chi connectivity index (χ0v) is 13.6. The number of carbonyl (C=O) groups excluding carboxylic acids is 2. The second kappa shape index (κ2) is 6.63. The number of Topliss-reactive ketones (excluding diaryl/α,β-unsaturated/α-hetero) is 1. The summed E-state index contributed by atoms with van der Waals surface area (Å²) in [5, 5.41) is 2.45. The van der Waals surface area contributed by atoms with Crippen molar-refractivity contribution in [1.29, 1.82) is 0 Å². The molecule has 0 heterocycles. The SMILES string of the molecule is COc1ccc2c(c1)CCC(C(=O)Nc1ccccc1)(C(F)F)C2=O. The van der Waals surface area contributed by atoms with E-state index in [2.05, 4.69) is 5.32 Å². The molecule has 2 aromatic carbocycles. The molecule has 130 valence electrons. The summed E-state index contributed by atoms with van der Waals surface area (Å²) in [5.74, 6) is -1.27. The Morgan fingerprint density at radius 2 is 1.92 bits per heavy atom. The summed E-state index contributed by atoms with van der Waals surface area (Å²) >= 11 is 0. The molecule has 0 saturated heterocycles. The van der Waals surface area contributed by atoms with Gasteiger partial charge in [-0.15, -0.1) is 0 Å². The number of para-hydroxylation sites is 1. The number of fused-ring (bicyclic) bond motifs is 1. The number of anilines is 1. The number of ether oxygens (including phenoxy) is 1. The first-order valence-corrected chi connectivity index (χ1v) is 7.85. The van der Waals surface area contributed by atoms with E-state index in [1.807, 2.05) is 0 Å². The largest absolute Gasteiger partial charge is 0.497 e. The summed E-state index contributed by atoms with van der Waals surface area (Å²) in [6, 6.07) is 12.9. The Morgan fingerprint density at radius 3 is 2.56 bits per heavy atom. The number of methoxy groups -OCH3 is 1. The minimum atomic E-state index is -3.10. The molecule has 25 heavy (non-hydrogen) atoms. The van der Waals surface area contributed by atoms with Crippen LogP contribution < -0.4 is 10.1 Å². The molecular weight excluding hydrogens is 328 g/mol. The van der Waals surface area contributed by atoms with E-state index >= 15 is 0 Å². The number of nitrogens with one attached hydrogen (secondary N) is 1. The van der Waals surface area contributed by atoms with Crippen LogP contribution in [0, 0.1) is 5.41 Å². The number of amides is 1. The summed E-state index contributed by atoms with van der Waals surface area (Å²) in [7, 11) is 1.49. The third-order valence-electron chi connectivity index (χ3n) is 4.56. The van der Waals surface area contributed by atoms with Gasteiger partial charge in [0.2, 0.25) is 5.91 Å². The van der Waals surface area contributed by atoms with Gasteiger partial charge in [-0.2, -0.15) is 0 Å². The van der Waals surface area contributed by atoms with Crippen LogP contribution in [-0.2, 0) is 11.2 Å². The highest BCUT2D eigenvalue weighted by atomic mass is 19.3. The van der Waals surface area contributed by atoms with Crippen molar-refractivity contribution in [3.8, 4) is 5.75 Å². The maximum Gasteiger partial charge on any atom is 0.260 e. The molecule has 1 unspecified atom stereocenters. The lowest BCUT2D eigenvalue weighted by molar-refractivity contribution is -0.131. The third-order valence-corrected chi connectivity index (χ3v) is 4.56. The van der Waals surface area contributed by atoms with Crippen molar-refractivity contribution >= 4 is 17.4 Å². The van der Waals surface area contributed by atoms with Crippen LogP contribution in [0.4, 0.5) is 14.5 Å². The van der Waals surface area contributed by atoms with Crippen molar-refractivity contribution in [2.24, 2.45) is 5.41 Å². The molecule has 1 aliphatic carbocycles. The second-order valence-electron chi connectivity index (χ2n) is 5.94. The molecule has 3 rings (SSSR count). The van der Waals surface area contributed by atoms with Crippen molar-refractivity contribution in [1.82, 2.24) is 0 Å². The number of alkyl halides is 2. The Hall–Kier alpha value is -2.76. The highest BCUT2D eigenvalue weighted by Crippen LogP contribution is 2.42. The van der Waals surface area contributed by atoms with Crippen LogP contribution in [-0.4, -0.2) is 25.2 Å². The first kappa shape index (κ1) is 17.1. The van der Waals surface area contributed by atoms with Gasteiger partial charge in [-0.05, 0) is 48.7 Å². The Morgan fingerprint density at radius 1 is 1.20 bits per heavy atom. The molecule has 2 aromatic rings. The number of hydrogen-bond acceptors (Lipinski definition) is 3. The molecular formula is C19H17F2NO3. The van der Waals surface area contributed by atoms with E-state index in [4.69, 9.17) is 4.74 Å². The maximum absolute atomic E-state index is 13.9. The molecule has 6 heteroatoms. The van der Waals surface area contributed by atoms with Gasteiger partial charge in [0, 0.05) is 11.3 Å². The average molecular weight is 345 g/mol. The van der Waals surface area contributed by atoms with Gasteiger partial charge in [-0.1, -0.05) is 18.2 Å². The summed E-state index contributed by atoms with van der Waals surface area (Å²) in [6.07, 6.45) is -3.15. The van der Waals surface area contributed by atoms with E-state index in [1.165, 1.54) is 19.2 Å². The molecule has 0 aromatic heterocycles. The molecule has 0 bridgehead atoms. The Labute approximate surface area is 143 Å². The number of halogens is 2. The van der Waals surface area contributed by atoms with Crippen molar-refractivity contribution in [3.05, 3.63) is 59.7 Å². The molecule has 0 spiro atoms. The van der Waals surface area contributed by atoms with E-state index in [1.54, 1.807) is 36.4 Å². The first-order valence-electron chi connectivity index (χ1n) is 7.85. The highest BCUT2D eigenvalue weighted by molar-refractivity contribution is 6.19. The smallest absolute Gasteiger partial charge is 0.260 e. The summed E-state index contributed by atoms with van der Waals surface area (Å²) in [6.45, 7) is 0. The summed E-state index contributed by atoms with van der Waals surface area (Å²) < 4.78 is 32.9. The first-order chi connectivity index (χ1) is 12.0. The zero-order valence-electron chi connectivity index (χ0n) is 13.6. The van der Waals surface area contributed by atoms with E-state index in [0.29, 0.717) is 17.0 Å². The predicted octanol–water partition coefficient (Wildman–Crippen LogP) is 3.71. The molecule has 1 amide bonds. The monoisotopic (exact) mass is 345 g/mol. The lowest BCUT2D eigenvalue weighted by Crippen LogP contribution is -2.51. The normalized spacial score (nSPS) is 19.4. The summed E-state index contributed by atoms with van der Waals surface area (Å²) in [5.41, 5.74) is -1.23. The predicted molar refractivity (Wildman–Crippen MR) is 89.2 cm³/mol. The van der Waals surface area contributed by atoms with Crippen LogP contribution in [0.15, 0.2) is 48.5 Å².